The monoisotopic (exact) mass is 420 g/mol. The van der Waals surface area contributed by atoms with Gasteiger partial charge < -0.3 is 5.32 Å². The van der Waals surface area contributed by atoms with Crippen LogP contribution in [0, 0.1) is 6.92 Å². The molecular formula is C23H24N4O2S. The Kier molecular flexibility index (Phi) is 6.18. The molecule has 1 saturated carbocycles. The molecule has 2 aromatic heterocycles. The molecule has 0 radical (unpaired) electrons. The van der Waals surface area contributed by atoms with Gasteiger partial charge in [0.25, 0.3) is 5.91 Å². The number of rotatable bonds is 6. The van der Waals surface area contributed by atoms with E-state index in [0.29, 0.717) is 5.69 Å². The Labute approximate surface area is 180 Å². The van der Waals surface area contributed by atoms with E-state index < -0.39 is 6.04 Å². The van der Waals surface area contributed by atoms with Crippen LogP contribution in [0.2, 0.25) is 0 Å². The average molecular weight is 421 g/mol. The zero-order valence-electron chi connectivity index (χ0n) is 16.8. The van der Waals surface area contributed by atoms with Gasteiger partial charge in [-0.3, -0.25) is 19.5 Å². The number of para-hydroxylation sites is 1. The Morgan fingerprint density at radius 1 is 1.13 bits per heavy atom. The molecule has 0 bridgehead atoms. The molecular weight excluding hydrogens is 396 g/mol. The van der Waals surface area contributed by atoms with Crippen molar-refractivity contribution in [3.63, 3.8) is 0 Å². The summed E-state index contributed by atoms with van der Waals surface area (Å²) in [5.41, 5.74) is 1.80. The average Bonchev–Trinajstić information content (AvgIpc) is 3.47. The predicted molar refractivity (Wildman–Crippen MR) is 117 cm³/mol. The number of nitrogens with zero attached hydrogens (tertiary/aromatic N) is 3. The summed E-state index contributed by atoms with van der Waals surface area (Å²) in [6, 6.07) is 10.8. The fourth-order valence-corrected chi connectivity index (χ4v) is 4.72. The van der Waals surface area contributed by atoms with Crippen molar-refractivity contribution in [3.8, 4) is 0 Å². The zero-order chi connectivity index (χ0) is 20.9. The number of carbonyl (C=O) groups is 2. The van der Waals surface area contributed by atoms with Crippen molar-refractivity contribution in [2.45, 2.75) is 44.7 Å². The maximum atomic E-state index is 13.6. The van der Waals surface area contributed by atoms with Gasteiger partial charge in [0.15, 0.2) is 6.04 Å². The topological polar surface area (TPSA) is 75.2 Å². The maximum absolute atomic E-state index is 13.6. The summed E-state index contributed by atoms with van der Waals surface area (Å²) >= 11 is 1.47. The van der Waals surface area contributed by atoms with Crippen LogP contribution in [0.15, 0.2) is 60.4 Å². The van der Waals surface area contributed by atoms with E-state index in [1.165, 1.54) is 29.9 Å². The number of benzene rings is 1. The zero-order valence-corrected chi connectivity index (χ0v) is 17.6. The van der Waals surface area contributed by atoms with Crippen molar-refractivity contribution in [2.24, 2.45) is 0 Å². The number of anilines is 1. The molecule has 1 aliphatic carbocycles. The molecule has 1 unspecified atom stereocenters. The Hall–Kier alpha value is -3.06. The van der Waals surface area contributed by atoms with Crippen LogP contribution >= 0.6 is 11.3 Å². The van der Waals surface area contributed by atoms with Crippen LogP contribution < -0.4 is 10.2 Å². The number of thiophene rings is 1. The molecule has 1 fully saturated rings. The van der Waals surface area contributed by atoms with Crippen molar-refractivity contribution in [1.29, 1.82) is 0 Å². The summed E-state index contributed by atoms with van der Waals surface area (Å²) in [5.74, 6) is -0.512. The van der Waals surface area contributed by atoms with Gasteiger partial charge in [0, 0.05) is 29.0 Å². The highest BCUT2D eigenvalue weighted by atomic mass is 32.1. The molecule has 1 atom stereocenters. The number of aromatic nitrogens is 2. The number of carbonyl (C=O) groups excluding carboxylic acids is 2. The van der Waals surface area contributed by atoms with E-state index in [4.69, 9.17) is 0 Å². The van der Waals surface area contributed by atoms with Gasteiger partial charge in [-0.1, -0.05) is 37.1 Å². The van der Waals surface area contributed by atoms with Gasteiger partial charge in [0.2, 0.25) is 5.91 Å². The molecule has 2 heterocycles. The second kappa shape index (κ2) is 9.17. The fraction of sp³-hybridized carbons (Fsp3) is 0.304. The highest BCUT2D eigenvalue weighted by molar-refractivity contribution is 7.10. The van der Waals surface area contributed by atoms with Crippen LogP contribution in [0.4, 0.5) is 5.69 Å². The molecule has 154 valence electrons. The quantitative estimate of drug-likeness (QED) is 0.645. The fourth-order valence-electron chi connectivity index (χ4n) is 3.90. The van der Waals surface area contributed by atoms with E-state index >= 15 is 0 Å². The third-order valence-electron chi connectivity index (χ3n) is 5.40. The molecule has 2 amide bonds. The second-order valence-corrected chi connectivity index (χ2v) is 8.44. The summed E-state index contributed by atoms with van der Waals surface area (Å²) in [6.07, 6.45) is 8.65. The van der Waals surface area contributed by atoms with E-state index in [1.54, 1.807) is 4.90 Å². The first kappa shape index (κ1) is 20.2. The summed E-state index contributed by atoms with van der Waals surface area (Å²) in [6.45, 7) is 1.94. The lowest BCUT2D eigenvalue weighted by Crippen LogP contribution is -2.46. The molecule has 0 saturated heterocycles. The lowest BCUT2D eigenvalue weighted by molar-refractivity contribution is -0.123. The summed E-state index contributed by atoms with van der Waals surface area (Å²) in [5, 5.41) is 5.11. The van der Waals surface area contributed by atoms with E-state index in [-0.39, 0.29) is 23.6 Å². The Bertz CT molecular complexity index is 1000. The number of amides is 2. The van der Waals surface area contributed by atoms with Gasteiger partial charge in [-0.05, 0) is 42.8 Å². The van der Waals surface area contributed by atoms with Crippen molar-refractivity contribution in [2.75, 3.05) is 4.90 Å². The minimum Gasteiger partial charge on any atom is -0.351 e. The van der Waals surface area contributed by atoms with Crippen LogP contribution in [-0.4, -0.2) is 27.8 Å². The van der Waals surface area contributed by atoms with E-state index in [0.717, 1.165) is 36.1 Å². The SMILES string of the molecule is Cc1ccccc1N(C(=O)c1cnccn1)C(C(=O)NC1CCCC1)c1cccs1. The number of aryl methyl sites for hydroxylation is 1. The molecule has 0 spiro atoms. The molecule has 3 aromatic rings. The highest BCUT2D eigenvalue weighted by Crippen LogP contribution is 2.34. The first-order valence-electron chi connectivity index (χ1n) is 10.1. The molecule has 30 heavy (non-hydrogen) atoms. The third kappa shape index (κ3) is 4.26. The Morgan fingerprint density at radius 3 is 2.60 bits per heavy atom. The number of hydrogen-bond acceptors (Lipinski definition) is 5. The molecule has 0 aliphatic heterocycles. The van der Waals surface area contributed by atoms with Crippen LogP contribution in [0.5, 0.6) is 0 Å². The standard InChI is InChI=1S/C23H24N4O2S/c1-16-7-2-5-10-19(16)27(23(29)18-15-24-12-13-25-18)21(20-11-6-14-30-20)22(28)26-17-8-3-4-9-17/h2,5-7,10-15,17,21H,3-4,8-9H2,1H3,(H,26,28). The summed E-state index contributed by atoms with van der Waals surface area (Å²) < 4.78 is 0. The third-order valence-corrected chi connectivity index (χ3v) is 6.32. The molecule has 4 rings (SSSR count). The van der Waals surface area contributed by atoms with Crippen molar-refractivity contribution >= 4 is 28.8 Å². The smallest absolute Gasteiger partial charge is 0.279 e. The van der Waals surface area contributed by atoms with Gasteiger partial charge in [-0.15, -0.1) is 11.3 Å². The lowest BCUT2D eigenvalue weighted by Gasteiger charge is -2.32. The Balaban J connectivity index is 1.79. The first-order valence-corrected chi connectivity index (χ1v) is 11.0. The number of nitrogens with one attached hydrogen (secondary N) is 1. The summed E-state index contributed by atoms with van der Waals surface area (Å²) in [4.78, 5) is 37.8. The first-order chi connectivity index (χ1) is 14.6. The molecule has 1 aliphatic rings. The van der Waals surface area contributed by atoms with Crippen molar-refractivity contribution in [1.82, 2.24) is 15.3 Å². The minimum absolute atomic E-state index is 0.158. The largest absolute Gasteiger partial charge is 0.351 e. The molecule has 1 aromatic carbocycles. The van der Waals surface area contributed by atoms with E-state index in [2.05, 4.69) is 15.3 Å². The molecule has 1 N–H and O–H groups in total. The van der Waals surface area contributed by atoms with E-state index in [1.807, 2.05) is 48.7 Å². The highest BCUT2D eigenvalue weighted by Gasteiger charge is 2.36. The molecule has 6 nitrogen and oxygen atoms in total. The minimum atomic E-state index is -0.777. The van der Waals surface area contributed by atoms with Gasteiger partial charge in [-0.2, -0.15) is 0 Å². The second-order valence-electron chi connectivity index (χ2n) is 7.46. The van der Waals surface area contributed by atoms with E-state index in [9.17, 15) is 9.59 Å². The van der Waals surface area contributed by atoms with Crippen molar-refractivity contribution in [3.05, 3.63) is 76.5 Å². The maximum Gasteiger partial charge on any atom is 0.279 e. The number of hydrogen-bond donors (Lipinski definition) is 1. The van der Waals surface area contributed by atoms with Gasteiger partial charge in [0.05, 0.1) is 6.20 Å². The Morgan fingerprint density at radius 2 is 1.93 bits per heavy atom. The lowest BCUT2D eigenvalue weighted by atomic mass is 10.1. The van der Waals surface area contributed by atoms with Crippen LogP contribution in [-0.2, 0) is 4.79 Å². The summed E-state index contributed by atoms with van der Waals surface area (Å²) in [7, 11) is 0. The van der Waals surface area contributed by atoms with Gasteiger partial charge in [-0.25, -0.2) is 4.98 Å². The van der Waals surface area contributed by atoms with Crippen LogP contribution in [0.1, 0.15) is 52.7 Å². The molecule has 7 heteroatoms. The van der Waals surface area contributed by atoms with Crippen LogP contribution in [0.3, 0.4) is 0 Å². The van der Waals surface area contributed by atoms with Gasteiger partial charge >= 0.3 is 0 Å². The van der Waals surface area contributed by atoms with Gasteiger partial charge in [0.1, 0.15) is 5.69 Å². The van der Waals surface area contributed by atoms with Crippen molar-refractivity contribution < 1.29 is 9.59 Å². The van der Waals surface area contributed by atoms with Crippen LogP contribution in [0.25, 0.3) is 0 Å². The predicted octanol–water partition coefficient (Wildman–Crippen LogP) is 4.29. The normalized spacial score (nSPS) is 15.0.